The Morgan fingerprint density at radius 3 is 2.52 bits per heavy atom. The number of amides is 1. The highest BCUT2D eigenvalue weighted by Gasteiger charge is 2.32. The van der Waals surface area contributed by atoms with Gasteiger partial charge < -0.3 is 19.9 Å². The average Bonchev–Trinajstić information content (AvgIpc) is 2.54. The molecular weight excluding hydrogens is 322 g/mol. The van der Waals surface area contributed by atoms with Gasteiger partial charge in [0.05, 0.1) is 25.2 Å². The molecule has 1 aromatic rings. The Hall–Kier alpha value is -1.95. The van der Waals surface area contributed by atoms with Crippen LogP contribution >= 0.6 is 11.6 Å². The lowest BCUT2D eigenvalue weighted by molar-refractivity contribution is -0.143. The monoisotopic (exact) mass is 341 g/mol. The molecule has 0 radical (unpaired) electrons. The molecule has 1 aliphatic rings. The highest BCUT2D eigenvalue weighted by Crippen LogP contribution is 2.36. The lowest BCUT2D eigenvalue weighted by Gasteiger charge is -2.29. The second-order valence-electron chi connectivity index (χ2n) is 5.50. The third-order valence-electron chi connectivity index (χ3n) is 4.10. The maximum Gasteiger partial charge on any atom is 0.308 e. The fraction of sp³-hybridized carbons (Fsp3) is 0.500. The molecule has 2 atom stereocenters. The minimum atomic E-state index is -0.875. The number of rotatable bonds is 5. The molecule has 0 spiro atoms. The van der Waals surface area contributed by atoms with E-state index in [0.29, 0.717) is 29.9 Å². The molecule has 7 heteroatoms. The summed E-state index contributed by atoms with van der Waals surface area (Å²) in [6, 6.07) is 2.63. The summed E-state index contributed by atoms with van der Waals surface area (Å²) in [5.41, 5.74) is 0.308. The zero-order valence-electron chi connectivity index (χ0n) is 13.1. The van der Waals surface area contributed by atoms with Gasteiger partial charge in [0.25, 0.3) is 5.91 Å². The van der Waals surface area contributed by atoms with Crippen LogP contribution in [0.4, 0.5) is 0 Å². The van der Waals surface area contributed by atoms with Crippen LogP contribution in [0.15, 0.2) is 12.1 Å². The zero-order valence-corrected chi connectivity index (χ0v) is 13.9. The lowest BCUT2D eigenvalue weighted by atomic mass is 9.84. The second kappa shape index (κ2) is 7.55. The summed E-state index contributed by atoms with van der Waals surface area (Å²) >= 11 is 6.10. The normalized spacial score (nSPS) is 20.7. The Balaban J connectivity index is 2.20. The summed E-state index contributed by atoms with van der Waals surface area (Å²) in [5.74, 6) is -1.09. The minimum absolute atomic E-state index is 0.260. The molecule has 1 amide bonds. The van der Waals surface area contributed by atoms with Crippen LogP contribution < -0.4 is 14.8 Å². The number of carbonyl (C=O) groups excluding carboxylic acids is 1. The topological polar surface area (TPSA) is 84.9 Å². The van der Waals surface area contributed by atoms with Gasteiger partial charge in [-0.05, 0) is 25.0 Å². The molecule has 23 heavy (non-hydrogen) atoms. The molecule has 2 rings (SSSR count). The first-order valence-corrected chi connectivity index (χ1v) is 7.81. The van der Waals surface area contributed by atoms with Gasteiger partial charge in [0.1, 0.15) is 0 Å². The van der Waals surface area contributed by atoms with E-state index in [1.54, 1.807) is 0 Å². The van der Waals surface area contributed by atoms with E-state index in [1.807, 2.05) is 0 Å². The van der Waals surface area contributed by atoms with E-state index in [0.717, 1.165) is 12.8 Å². The molecule has 1 saturated carbocycles. The van der Waals surface area contributed by atoms with Gasteiger partial charge in [-0.1, -0.05) is 24.4 Å². The minimum Gasteiger partial charge on any atom is -0.493 e. The first kappa shape index (κ1) is 17.4. The molecular formula is C16H20ClNO5. The predicted molar refractivity (Wildman–Crippen MR) is 85.4 cm³/mol. The van der Waals surface area contributed by atoms with Crippen LogP contribution in [0.2, 0.25) is 5.02 Å². The van der Waals surface area contributed by atoms with Gasteiger partial charge in [0.15, 0.2) is 11.5 Å². The van der Waals surface area contributed by atoms with Crippen LogP contribution in [-0.2, 0) is 4.79 Å². The maximum atomic E-state index is 12.4. The summed E-state index contributed by atoms with van der Waals surface area (Å²) in [6.45, 7) is 0. The smallest absolute Gasteiger partial charge is 0.308 e. The van der Waals surface area contributed by atoms with Crippen molar-refractivity contribution in [1.82, 2.24) is 5.32 Å². The summed E-state index contributed by atoms with van der Waals surface area (Å²) in [4.78, 5) is 23.8. The van der Waals surface area contributed by atoms with Crippen molar-refractivity contribution >= 4 is 23.5 Å². The number of carboxylic acid groups (broad SMARTS) is 1. The fourth-order valence-corrected chi connectivity index (χ4v) is 3.19. The van der Waals surface area contributed by atoms with Crippen LogP contribution in [0.5, 0.6) is 11.5 Å². The fourth-order valence-electron chi connectivity index (χ4n) is 2.90. The Kier molecular flexibility index (Phi) is 5.71. The van der Waals surface area contributed by atoms with Gasteiger partial charge in [-0.2, -0.15) is 0 Å². The van der Waals surface area contributed by atoms with Crippen molar-refractivity contribution in [3.63, 3.8) is 0 Å². The number of methoxy groups -OCH3 is 2. The summed E-state index contributed by atoms with van der Waals surface area (Å²) < 4.78 is 10.3. The Morgan fingerprint density at radius 2 is 1.91 bits per heavy atom. The Morgan fingerprint density at radius 1 is 1.22 bits per heavy atom. The molecule has 1 fully saturated rings. The molecule has 0 unspecified atom stereocenters. The highest BCUT2D eigenvalue weighted by atomic mass is 35.5. The van der Waals surface area contributed by atoms with E-state index in [-0.39, 0.29) is 17.0 Å². The molecule has 0 heterocycles. The van der Waals surface area contributed by atoms with Crippen LogP contribution in [0.1, 0.15) is 36.0 Å². The number of nitrogens with one attached hydrogen (secondary N) is 1. The molecule has 0 bridgehead atoms. The van der Waals surface area contributed by atoms with Crippen molar-refractivity contribution in [2.75, 3.05) is 14.2 Å². The lowest BCUT2D eigenvalue weighted by Crippen LogP contribution is -2.45. The van der Waals surface area contributed by atoms with Gasteiger partial charge in [-0.3, -0.25) is 9.59 Å². The molecule has 0 aliphatic heterocycles. The number of hydrogen-bond donors (Lipinski definition) is 2. The van der Waals surface area contributed by atoms with Crippen LogP contribution in [-0.4, -0.2) is 37.2 Å². The van der Waals surface area contributed by atoms with Gasteiger partial charge in [-0.15, -0.1) is 0 Å². The number of aliphatic carboxylic acids is 1. The number of carbonyl (C=O) groups is 2. The van der Waals surface area contributed by atoms with Gasteiger partial charge >= 0.3 is 5.97 Å². The van der Waals surface area contributed by atoms with Crippen molar-refractivity contribution in [2.24, 2.45) is 5.92 Å². The van der Waals surface area contributed by atoms with Gasteiger partial charge in [0, 0.05) is 11.6 Å². The highest BCUT2D eigenvalue weighted by molar-refractivity contribution is 6.32. The van der Waals surface area contributed by atoms with E-state index < -0.39 is 11.9 Å². The second-order valence-corrected chi connectivity index (χ2v) is 5.91. The first-order chi connectivity index (χ1) is 11.0. The van der Waals surface area contributed by atoms with E-state index in [1.165, 1.54) is 26.4 Å². The molecule has 0 aromatic heterocycles. The third-order valence-corrected chi connectivity index (χ3v) is 4.38. The SMILES string of the molecule is COc1cc(C(=O)N[C@@H]2CCCC[C@@H]2C(=O)O)cc(Cl)c1OC. The molecule has 1 aliphatic carbocycles. The van der Waals surface area contributed by atoms with Crippen molar-refractivity contribution < 1.29 is 24.2 Å². The summed E-state index contributed by atoms with van der Waals surface area (Å²) in [5, 5.41) is 12.3. The quantitative estimate of drug-likeness (QED) is 0.860. The average molecular weight is 342 g/mol. The molecule has 126 valence electrons. The first-order valence-electron chi connectivity index (χ1n) is 7.43. The zero-order chi connectivity index (χ0) is 17.0. The van der Waals surface area contributed by atoms with Crippen LogP contribution in [0, 0.1) is 5.92 Å². The Labute approximate surface area is 139 Å². The number of halogens is 1. The van der Waals surface area contributed by atoms with E-state index in [4.69, 9.17) is 21.1 Å². The molecule has 2 N–H and O–H groups in total. The third kappa shape index (κ3) is 3.88. The van der Waals surface area contributed by atoms with Gasteiger partial charge in [-0.25, -0.2) is 0 Å². The van der Waals surface area contributed by atoms with Crippen molar-refractivity contribution in [3.8, 4) is 11.5 Å². The van der Waals surface area contributed by atoms with E-state index >= 15 is 0 Å². The summed E-state index contributed by atoms with van der Waals surface area (Å²) in [7, 11) is 2.92. The van der Waals surface area contributed by atoms with Crippen molar-refractivity contribution in [1.29, 1.82) is 0 Å². The standard InChI is InChI=1S/C16H20ClNO5/c1-22-13-8-9(7-11(17)14(13)23-2)15(19)18-12-6-4-3-5-10(12)16(20)21/h7-8,10,12H,3-6H2,1-2H3,(H,18,19)(H,20,21)/t10-,12+/m0/s1. The van der Waals surface area contributed by atoms with Crippen molar-refractivity contribution in [2.45, 2.75) is 31.7 Å². The van der Waals surface area contributed by atoms with E-state index in [2.05, 4.69) is 5.32 Å². The maximum absolute atomic E-state index is 12.4. The van der Waals surface area contributed by atoms with E-state index in [9.17, 15) is 14.7 Å². The van der Waals surface area contributed by atoms with Gasteiger partial charge in [0.2, 0.25) is 0 Å². The largest absolute Gasteiger partial charge is 0.493 e. The van der Waals surface area contributed by atoms with Crippen LogP contribution in [0.25, 0.3) is 0 Å². The summed E-state index contributed by atoms with van der Waals surface area (Å²) in [6.07, 6.45) is 3.00. The molecule has 0 saturated heterocycles. The molecule has 6 nitrogen and oxygen atoms in total. The number of hydrogen-bond acceptors (Lipinski definition) is 4. The predicted octanol–water partition coefficient (Wildman–Crippen LogP) is 2.73. The number of carboxylic acids is 1. The van der Waals surface area contributed by atoms with Crippen molar-refractivity contribution in [3.05, 3.63) is 22.7 Å². The number of ether oxygens (including phenoxy) is 2. The van der Waals surface area contributed by atoms with Crippen LogP contribution in [0.3, 0.4) is 0 Å². The Bertz CT molecular complexity index is 604. The molecule has 1 aromatic carbocycles. The number of benzene rings is 1.